The van der Waals surface area contributed by atoms with Crippen molar-refractivity contribution in [3.63, 3.8) is 0 Å². The topological polar surface area (TPSA) is 81.7 Å². The van der Waals surface area contributed by atoms with Gasteiger partial charge in [0.25, 0.3) is 0 Å². The van der Waals surface area contributed by atoms with E-state index in [0.717, 1.165) is 38.4 Å². The molecule has 1 saturated carbocycles. The second kappa shape index (κ2) is 8.22. The molecule has 0 aromatic carbocycles. The fourth-order valence-electron chi connectivity index (χ4n) is 2.80. The first-order valence-electron chi connectivity index (χ1n) is 8.13. The number of carboxylic acids is 1. The molecule has 2 fully saturated rings. The molecule has 1 atom stereocenters. The molecule has 0 spiro atoms. The van der Waals surface area contributed by atoms with Crippen LogP contribution in [0.25, 0.3) is 0 Å². The number of nitrogens with zero attached hydrogens (tertiary/aromatic N) is 1. The summed E-state index contributed by atoms with van der Waals surface area (Å²) in [6, 6.07) is 0.722. The minimum Gasteiger partial charge on any atom is -0.481 e. The monoisotopic (exact) mass is 297 g/mol. The third-order valence-electron chi connectivity index (χ3n) is 4.21. The number of hydrogen-bond donors (Lipinski definition) is 3. The Balaban J connectivity index is 1.57. The summed E-state index contributed by atoms with van der Waals surface area (Å²) in [5.74, 6) is -0.420. The molecule has 6 heteroatoms. The maximum absolute atomic E-state index is 12.1. The SMILES string of the molecule is O=C(O)CCC1CCCN(C(=O)NCCCNC2CC2)C1. The first-order valence-corrected chi connectivity index (χ1v) is 8.13. The van der Waals surface area contributed by atoms with E-state index in [1.165, 1.54) is 12.8 Å². The highest BCUT2D eigenvalue weighted by atomic mass is 16.4. The lowest BCUT2D eigenvalue weighted by molar-refractivity contribution is -0.137. The van der Waals surface area contributed by atoms with Crippen molar-refractivity contribution in [2.24, 2.45) is 5.92 Å². The minimum atomic E-state index is -0.750. The van der Waals surface area contributed by atoms with Crippen LogP contribution in [-0.2, 0) is 4.79 Å². The predicted octanol–water partition coefficient (Wildman–Crippen LogP) is 1.41. The molecular weight excluding hydrogens is 270 g/mol. The van der Waals surface area contributed by atoms with E-state index in [9.17, 15) is 9.59 Å². The molecule has 1 unspecified atom stereocenters. The highest BCUT2D eigenvalue weighted by molar-refractivity contribution is 5.74. The Morgan fingerprint density at radius 2 is 2.00 bits per heavy atom. The normalized spacial score (nSPS) is 22.1. The van der Waals surface area contributed by atoms with E-state index in [1.807, 2.05) is 4.90 Å². The van der Waals surface area contributed by atoms with E-state index in [0.29, 0.717) is 25.4 Å². The van der Waals surface area contributed by atoms with Crippen molar-refractivity contribution >= 4 is 12.0 Å². The van der Waals surface area contributed by atoms with Gasteiger partial charge in [-0.05, 0) is 51.0 Å². The zero-order chi connectivity index (χ0) is 15.1. The second-order valence-electron chi connectivity index (χ2n) is 6.20. The number of urea groups is 1. The Bertz CT molecular complexity index is 358. The van der Waals surface area contributed by atoms with Gasteiger partial charge in [-0.1, -0.05) is 0 Å². The molecule has 120 valence electrons. The molecule has 1 aliphatic heterocycles. The molecule has 6 nitrogen and oxygen atoms in total. The maximum atomic E-state index is 12.1. The van der Waals surface area contributed by atoms with Crippen LogP contribution in [0.4, 0.5) is 4.79 Å². The minimum absolute atomic E-state index is 0.00134. The van der Waals surface area contributed by atoms with Gasteiger partial charge in [-0.3, -0.25) is 4.79 Å². The van der Waals surface area contributed by atoms with Gasteiger partial charge >= 0.3 is 12.0 Å². The molecule has 1 heterocycles. The number of amides is 2. The molecule has 2 amide bonds. The van der Waals surface area contributed by atoms with Gasteiger partial charge in [0.15, 0.2) is 0 Å². The number of carbonyl (C=O) groups excluding carboxylic acids is 1. The Morgan fingerprint density at radius 3 is 2.71 bits per heavy atom. The smallest absolute Gasteiger partial charge is 0.317 e. The number of nitrogens with one attached hydrogen (secondary N) is 2. The van der Waals surface area contributed by atoms with E-state index in [2.05, 4.69) is 10.6 Å². The van der Waals surface area contributed by atoms with Crippen molar-refractivity contribution in [2.45, 2.75) is 51.0 Å². The molecule has 3 N–H and O–H groups in total. The summed E-state index contributed by atoms with van der Waals surface area (Å²) in [7, 11) is 0. The van der Waals surface area contributed by atoms with Crippen LogP contribution in [0.5, 0.6) is 0 Å². The van der Waals surface area contributed by atoms with Gasteiger partial charge in [0.2, 0.25) is 0 Å². The van der Waals surface area contributed by atoms with Crippen molar-refractivity contribution in [3.05, 3.63) is 0 Å². The van der Waals surface area contributed by atoms with Gasteiger partial charge in [0, 0.05) is 32.1 Å². The summed E-state index contributed by atoms with van der Waals surface area (Å²) in [5, 5.41) is 15.1. The van der Waals surface area contributed by atoms with Crippen LogP contribution in [0, 0.1) is 5.92 Å². The first-order chi connectivity index (χ1) is 10.1. The molecule has 0 radical (unpaired) electrons. The quantitative estimate of drug-likeness (QED) is 0.592. The van der Waals surface area contributed by atoms with Crippen molar-refractivity contribution in [3.8, 4) is 0 Å². The summed E-state index contributed by atoms with van der Waals surface area (Å²) < 4.78 is 0. The van der Waals surface area contributed by atoms with E-state index < -0.39 is 5.97 Å². The number of likely N-dealkylation sites (tertiary alicyclic amines) is 1. The summed E-state index contributed by atoms with van der Waals surface area (Å²) in [6.45, 7) is 3.15. The number of piperidine rings is 1. The van der Waals surface area contributed by atoms with E-state index in [1.54, 1.807) is 0 Å². The van der Waals surface area contributed by atoms with Crippen LogP contribution in [-0.4, -0.2) is 54.2 Å². The van der Waals surface area contributed by atoms with Gasteiger partial charge in [-0.15, -0.1) is 0 Å². The molecule has 2 rings (SSSR count). The lowest BCUT2D eigenvalue weighted by atomic mass is 9.93. The van der Waals surface area contributed by atoms with Gasteiger partial charge in [0.05, 0.1) is 0 Å². The summed E-state index contributed by atoms with van der Waals surface area (Å²) >= 11 is 0. The Hall–Kier alpha value is -1.30. The number of hydrogen-bond acceptors (Lipinski definition) is 3. The largest absolute Gasteiger partial charge is 0.481 e. The summed E-state index contributed by atoms with van der Waals surface area (Å²) in [6.07, 6.45) is 6.41. The highest BCUT2D eigenvalue weighted by Crippen LogP contribution is 2.21. The molecular formula is C15H27N3O3. The van der Waals surface area contributed by atoms with Gasteiger partial charge in [0.1, 0.15) is 0 Å². The molecule has 0 aromatic rings. The predicted molar refractivity (Wildman–Crippen MR) is 80.2 cm³/mol. The second-order valence-corrected chi connectivity index (χ2v) is 6.20. The summed E-state index contributed by atoms with van der Waals surface area (Å²) in [5.41, 5.74) is 0. The van der Waals surface area contributed by atoms with Crippen molar-refractivity contribution in [1.82, 2.24) is 15.5 Å². The van der Waals surface area contributed by atoms with Gasteiger partial charge < -0.3 is 20.6 Å². The lowest BCUT2D eigenvalue weighted by Crippen LogP contribution is -2.46. The highest BCUT2D eigenvalue weighted by Gasteiger charge is 2.24. The van der Waals surface area contributed by atoms with Crippen molar-refractivity contribution in [2.75, 3.05) is 26.2 Å². The lowest BCUT2D eigenvalue weighted by Gasteiger charge is -2.32. The maximum Gasteiger partial charge on any atom is 0.317 e. The molecule has 21 heavy (non-hydrogen) atoms. The zero-order valence-corrected chi connectivity index (χ0v) is 12.6. The standard InChI is InChI=1S/C15H27N3O3/c19-14(20)7-4-12-3-1-10-18(11-12)15(21)17-9-2-8-16-13-5-6-13/h12-13,16H,1-11H2,(H,17,21)(H,19,20). The fourth-order valence-corrected chi connectivity index (χ4v) is 2.80. The van der Waals surface area contributed by atoms with Crippen molar-refractivity contribution < 1.29 is 14.7 Å². The van der Waals surface area contributed by atoms with Crippen LogP contribution < -0.4 is 10.6 Å². The van der Waals surface area contributed by atoms with E-state index >= 15 is 0 Å². The first kappa shape index (κ1) is 16.1. The van der Waals surface area contributed by atoms with Crippen LogP contribution in [0.15, 0.2) is 0 Å². The van der Waals surface area contributed by atoms with Gasteiger partial charge in [-0.25, -0.2) is 4.79 Å². The van der Waals surface area contributed by atoms with E-state index in [-0.39, 0.29) is 12.5 Å². The molecule has 1 saturated heterocycles. The average molecular weight is 297 g/mol. The van der Waals surface area contributed by atoms with Crippen LogP contribution in [0.1, 0.15) is 44.9 Å². The molecule has 0 bridgehead atoms. The zero-order valence-electron chi connectivity index (χ0n) is 12.6. The Kier molecular flexibility index (Phi) is 6.29. The third-order valence-corrected chi connectivity index (χ3v) is 4.21. The van der Waals surface area contributed by atoms with Gasteiger partial charge in [-0.2, -0.15) is 0 Å². The van der Waals surface area contributed by atoms with Crippen molar-refractivity contribution in [1.29, 1.82) is 0 Å². The van der Waals surface area contributed by atoms with Crippen LogP contribution in [0.2, 0.25) is 0 Å². The third kappa shape index (κ3) is 6.33. The fraction of sp³-hybridized carbons (Fsp3) is 0.867. The number of carboxylic acid groups (broad SMARTS) is 1. The Labute approximate surface area is 126 Å². The molecule has 0 aromatic heterocycles. The molecule has 2 aliphatic rings. The number of aliphatic carboxylic acids is 1. The summed E-state index contributed by atoms with van der Waals surface area (Å²) in [4.78, 5) is 24.5. The average Bonchev–Trinajstić information content (AvgIpc) is 3.29. The van der Waals surface area contributed by atoms with Crippen LogP contribution >= 0.6 is 0 Å². The van der Waals surface area contributed by atoms with E-state index in [4.69, 9.17) is 5.11 Å². The number of carbonyl (C=O) groups is 2. The van der Waals surface area contributed by atoms with Crippen LogP contribution in [0.3, 0.4) is 0 Å². The Morgan fingerprint density at radius 1 is 1.19 bits per heavy atom. The number of rotatable bonds is 8. The molecule has 1 aliphatic carbocycles.